The SMILES string of the molecule is O=c1c(N=Nc2ccccc2Cl)c(O)n(-c2ccc(Cl)cc2)c(=S)n1-c1ccc(Br)cc1. The van der Waals surface area contributed by atoms with E-state index in [1.165, 1.54) is 9.13 Å². The number of hydrogen-bond donors (Lipinski definition) is 1. The number of azo groups is 1. The van der Waals surface area contributed by atoms with Crippen LogP contribution < -0.4 is 5.56 Å². The van der Waals surface area contributed by atoms with Gasteiger partial charge in [0.1, 0.15) is 5.69 Å². The van der Waals surface area contributed by atoms with E-state index in [9.17, 15) is 9.90 Å². The van der Waals surface area contributed by atoms with Crippen LogP contribution in [0.4, 0.5) is 11.4 Å². The van der Waals surface area contributed by atoms with E-state index in [1.807, 2.05) is 0 Å². The van der Waals surface area contributed by atoms with Gasteiger partial charge in [-0.05, 0) is 72.9 Å². The summed E-state index contributed by atoms with van der Waals surface area (Å²) in [6, 6.07) is 20.4. The van der Waals surface area contributed by atoms with E-state index in [1.54, 1.807) is 72.8 Å². The number of rotatable bonds is 4. The van der Waals surface area contributed by atoms with Gasteiger partial charge in [0, 0.05) is 9.50 Å². The number of benzene rings is 3. The summed E-state index contributed by atoms with van der Waals surface area (Å²) >= 11 is 21.1. The van der Waals surface area contributed by atoms with Gasteiger partial charge >= 0.3 is 0 Å². The first-order valence-electron chi connectivity index (χ1n) is 9.16. The van der Waals surface area contributed by atoms with Crippen molar-refractivity contribution in [3.8, 4) is 17.3 Å². The number of halogens is 3. The maximum Gasteiger partial charge on any atom is 0.290 e. The van der Waals surface area contributed by atoms with Gasteiger partial charge in [-0.1, -0.05) is 51.3 Å². The number of aromatic hydroxyl groups is 1. The highest BCUT2D eigenvalue weighted by Gasteiger charge is 2.19. The van der Waals surface area contributed by atoms with Crippen LogP contribution in [-0.4, -0.2) is 14.2 Å². The second-order valence-corrected chi connectivity index (χ2v) is 8.66. The van der Waals surface area contributed by atoms with E-state index in [-0.39, 0.29) is 10.5 Å². The molecule has 3 aromatic carbocycles. The molecule has 160 valence electrons. The lowest BCUT2D eigenvalue weighted by atomic mass is 10.3. The number of nitrogens with zero attached hydrogens (tertiary/aromatic N) is 4. The summed E-state index contributed by atoms with van der Waals surface area (Å²) in [5.74, 6) is -0.452. The van der Waals surface area contributed by atoms with Crippen LogP contribution in [0, 0.1) is 4.77 Å². The molecule has 0 bridgehead atoms. The maximum atomic E-state index is 13.3. The Kier molecular flexibility index (Phi) is 6.57. The van der Waals surface area contributed by atoms with E-state index in [4.69, 9.17) is 35.4 Å². The average molecular weight is 548 g/mol. The van der Waals surface area contributed by atoms with Crippen molar-refractivity contribution in [2.45, 2.75) is 0 Å². The predicted molar refractivity (Wildman–Crippen MR) is 132 cm³/mol. The largest absolute Gasteiger partial charge is 0.492 e. The fourth-order valence-corrected chi connectivity index (χ4v) is 3.89. The van der Waals surface area contributed by atoms with Crippen LogP contribution in [0.1, 0.15) is 0 Å². The summed E-state index contributed by atoms with van der Waals surface area (Å²) in [4.78, 5) is 13.3. The fourth-order valence-electron chi connectivity index (χ4n) is 2.95. The Labute approximate surface area is 206 Å². The third-order valence-corrected chi connectivity index (χ3v) is 5.96. The normalized spacial score (nSPS) is 11.2. The molecule has 0 radical (unpaired) electrons. The van der Waals surface area contributed by atoms with Gasteiger partial charge in [-0.3, -0.25) is 13.9 Å². The van der Waals surface area contributed by atoms with Gasteiger partial charge in [-0.15, -0.1) is 10.2 Å². The van der Waals surface area contributed by atoms with Crippen LogP contribution >= 0.6 is 51.3 Å². The summed E-state index contributed by atoms with van der Waals surface area (Å²) in [6.07, 6.45) is 0. The van der Waals surface area contributed by atoms with Crippen molar-refractivity contribution < 1.29 is 5.11 Å². The highest BCUT2D eigenvalue weighted by molar-refractivity contribution is 9.10. The molecule has 0 saturated carbocycles. The minimum atomic E-state index is -0.629. The summed E-state index contributed by atoms with van der Waals surface area (Å²) in [5, 5.41) is 20.0. The average Bonchev–Trinajstić information content (AvgIpc) is 2.77. The van der Waals surface area contributed by atoms with Gasteiger partial charge in [-0.2, -0.15) is 0 Å². The van der Waals surface area contributed by atoms with E-state index in [0.29, 0.717) is 27.1 Å². The highest BCUT2D eigenvalue weighted by Crippen LogP contribution is 2.31. The molecular formula is C22H13BrCl2N4O2S. The molecule has 6 nitrogen and oxygen atoms in total. The fraction of sp³-hybridized carbons (Fsp3) is 0. The molecule has 0 spiro atoms. The molecule has 0 aliphatic carbocycles. The van der Waals surface area contributed by atoms with E-state index in [2.05, 4.69) is 26.2 Å². The Bertz CT molecular complexity index is 1450. The van der Waals surface area contributed by atoms with Crippen LogP contribution in [0.25, 0.3) is 11.4 Å². The first-order chi connectivity index (χ1) is 15.4. The van der Waals surface area contributed by atoms with Crippen molar-refractivity contribution in [1.29, 1.82) is 0 Å². The Hall–Kier alpha value is -2.78. The lowest BCUT2D eigenvalue weighted by Gasteiger charge is -2.16. The minimum Gasteiger partial charge on any atom is -0.492 e. The molecule has 32 heavy (non-hydrogen) atoms. The van der Waals surface area contributed by atoms with Crippen molar-refractivity contribution >= 4 is 62.7 Å². The summed E-state index contributed by atoms with van der Waals surface area (Å²) in [5.41, 5.74) is 0.424. The zero-order chi connectivity index (χ0) is 22.8. The molecule has 0 fully saturated rings. The third kappa shape index (κ3) is 4.40. The first kappa shape index (κ1) is 22.4. The molecule has 0 amide bonds. The van der Waals surface area contributed by atoms with Gasteiger partial charge in [0.05, 0.1) is 16.4 Å². The van der Waals surface area contributed by atoms with E-state index < -0.39 is 11.4 Å². The van der Waals surface area contributed by atoms with Crippen molar-refractivity contribution in [2.24, 2.45) is 10.2 Å². The molecule has 0 atom stereocenters. The van der Waals surface area contributed by atoms with Crippen molar-refractivity contribution in [2.75, 3.05) is 0 Å². The van der Waals surface area contributed by atoms with Crippen molar-refractivity contribution in [1.82, 2.24) is 9.13 Å². The molecular weight excluding hydrogens is 535 g/mol. The van der Waals surface area contributed by atoms with Gasteiger partial charge in [0.15, 0.2) is 4.77 Å². The topological polar surface area (TPSA) is 71.9 Å². The number of hydrogen-bond acceptors (Lipinski definition) is 5. The quantitative estimate of drug-likeness (QED) is 0.212. The second kappa shape index (κ2) is 9.38. The predicted octanol–water partition coefficient (Wildman–Crippen LogP) is 7.55. The molecule has 1 aromatic heterocycles. The first-order valence-corrected chi connectivity index (χ1v) is 11.1. The Morgan fingerprint density at radius 1 is 0.844 bits per heavy atom. The highest BCUT2D eigenvalue weighted by atomic mass is 79.9. The smallest absolute Gasteiger partial charge is 0.290 e. The van der Waals surface area contributed by atoms with Crippen LogP contribution in [0.3, 0.4) is 0 Å². The number of aromatic nitrogens is 2. The molecule has 0 unspecified atom stereocenters. The Balaban J connectivity index is 2.01. The van der Waals surface area contributed by atoms with Crippen molar-refractivity contribution in [3.05, 3.63) is 102 Å². The van der Waals surface area contributed by atoms with Crippen LogP contribution in [0.2, 0.25) is 10.0 Å². The van der Waals surface area contributed by atoms with E-state index >= 15 is 0 Å². The second-order valence-electron chi connectivity index (χ2n) is 6.54. The van der Waals surface area contributed by atoms with Gasteiger partial charge in [0.25, 0.3) is 5.56 Å². The molecule has 10 heteroatoms. The lowest BCUT2D eigenvalue weighted by Crippen LogP contribution is -2.23. The third-order valence-electron chi connectivity index (χ3n) is 4.49. The van der Waals surface area contributed by atoms with Gasteiger partial charge < -0.3 is 5.11 Å². The maximum absolute atomic E-state index is 13.3. The Morgan fingerprint density at radius 3 is 2.09 bits per heavy atom. The zero-order valence-electron chi connectivity index (χ0n) is 16.1. The van der Waals surface area contributed by atoms with Crippen molar-refractivity contribution in [3.63, 3.8) is 0 Å². The minimum absolute atomic E-state index is 0.0499. The monoisotopic (exact) mass is 546 g/mol. The van der Waals surface area contributed by atoms with E-state index in [0.717, 1.165) is 4.47 Å². The summed E-state index contributed by atoms with van der Waals surface area (Å²) in [7, 11) is 0. The van der Waals surface area contributed by atoms with Crippen LogP contribution in [-0.2, 0) is 0 Å². The summed E-state index contributed by atoms with van der Waals surface area (Å²) < 4.78 is 3.49. The van der Waals surface area contributed by atoms with Gasteiger partial charge in [-0.25, -0.2) is 0 Å². The molecule has 0 saturated heterocycles. The van der Waals surface area contributed by atoms with Gasteiger partial charge in [0.2, 0.25) is 11.6 Å². The molecule has 4 rings (SSSR count). The molecule has 4 aromatic rings. The van der Waals surface area contributed by atoms with Crippen LogP contribution in [0.15, 0.2) is 92.3 Å². The molecule has 0 aliphatic rings. The molecule has 1 heterocycles. The standard InChI is InChI=1S/C22H13BrCl2N4O2S/c23-13-5-9-15(10-6-13)28-20(30)19(27-26-18-4-2-1-3-17(18)25)21(31)29(22(28)32)16-11-7-14(24)8-12-16/h1-12,31H. The summed E-state index contributed by atoms with van der Waals surface area (Å²) in [6.45, 7) is 0. The Morgan fingerprint density at radius 2 is 1.44 bits per heavy atom. The zero-order valence-corrected chi connectivity index (χ0v) is 20.0. The molecule has 1 N–H and O–H groups in total. The van der Waals surface area contributed by atoms with Crippen LogP contribution in [0.5, 0.6) is 5.88 Å². The lowest BCUT2D eigenvalue weighted by molar-refractivity contribution is 0.432. The molecule has 0 aliphatic heterocycles.